The van der Waals surface area contributed by atoms with Gasteiger partial charge in [-0.15, -0.1) is 0 Å². The van der Waals surface area contributed by atoms with Crippen molar-refractivity contribution >= 4 is 11.9 Å². The van der Waals surface area contributed by atoms with Crippen LogP contribution in [0.3, 0.4) is 0 Å². The molecule has 1 atom stereocenters. The lowest BCUT2D eigenvalue weighted by Crippen LogP contribution is -2.42. The van der Waals surface area contributed by atoms with E-state index in [1.165, 1.54) is 51.4 Å². The minimum Gasteiger partial charge on any atom is -0.480 e. The lowest BCUT2D eigenvalue weighted by Gasteiger charge is -2.30. The number of hydrogen-bond acceptors (Lipinski definition) is 5. The molecule has 7 heteroatoms. The zero-order chi connectivity index (χ0) is 21.0. The molecule has 0 amide bonds. The third-order valence-corrected chi connectivity index (χ3v) is 5.06. The number of carboxylic acids is 2. The summed E-state index contributed by atoms with van der Waals surface area (Å²) in [7, 11) is 0. The number of rotatable bonds is 21. The Balaban J connectivity index is 4.17. The molecule has 0 radical (unpaired) electrons. The lowest BCUT2D eigenvalue weighted by atomic mass is 10.0. The second-order valence-corrected chi connectivity index (χ2v) is 7.57. The van der Waals surface area contributed by atoms with Crippen LogP contribution >= 0.6 is 0 Å². The number of nitrogens with zero attached hydrogens (tertiary/aromatic N) is 1. The fourth-order valence-electron chi connectivity index (χ4n) is 3.53. The minimum atomic E-state index is -0.903. The topological polar surface area (TPSA) is 110 Å². The molecule has 0 rings (SSSR count). The number of aliphatic carboxylic acids is 2. The van der Waals surface area contributed by atoms with Crippen LogP contribution in [0.5, 0.6) is 0 Å². The van der Waals surface area contributed by atoms with E-state index in [2.05, 4.69) is 12.2 Å². The summed E-state index contributed by atoms with van der Waals surface area (Å²) in [6.45, 7) is 2.81. The van der Waals surface area contributed by atoms with E-state index in [1.807, 2.05) is 0 Å². The molecule has 7 nitrogen and oxygen atoms in total. The van der Waals surface area contributed by atoms with Crippen molar-refractivity contribution in [2.24, 2.45) is 0 Å². The van der Waals surface area contributed by atoms with Crippen molar-refractivity contribution in [1.82, 2.24) is 10.2 Å². The van der Waals surface area contributed by atoms with Gasteiger partial charge in [-0.25, -0.2) is 0 Å². The smallest absolute Gasteiger partial charge is 0.317 e. The average molecular weight is 403 g/mol. The van der Waals surface area contributed by atoms with Gasteiger partial charge in [0.1, 0.15) is 0 Å². The molecular weight excluding hydrogens is 360 g/mol. The molecule has 166 valence electrons. The van der Waals surface area contributed by atoms with Crippen LogP contribution in [0.25, 0.3) is 0 Å². The molecule has 0 spiro atoms. The van der Waals surface area contributed by atoms with Crippen molar-refractivity contribution in [3.05, 3.63) is 0 Å². The van der Waals surface area contributed by atoms with Crippen LogP contribution in [0.15, 0.2) is 0 Å². The van der Waals surface area contributed by atoms with Crippen molar-refractivity contribution in [2.75, 3.05) is 32.8 Å². The van der Waals surface area contributed by atoms with E-state index in [1.54, 1.807) is 4.90 Å². The number of carboxylic acid groups (broad SMARTS) is 2. The highest BCUT2D eigenvalue weighted by Gasteiger charge is 2.20. The summed E-state index contributed by atoms with van der Waals surface area (Å²) in [5.74, 6) is -1.80. The van der Waals surface area contributed by atoms with E-state index in [4.69, 9.17) is 10.2 Å². The number of nitrogens with one attached hydrogen (secondary N) is 1. The van der Waals surface area contributed by atoms with Crippen molar-refractivity contribution in [2.45, 2.75) is 90.0 Å². The first kappa shape index (κ1) is 26.8. The van der Waals surface area contributed by atoms with Crippen molar-refractivity contribution < 1.29 is 24.9 Å². The van der Waals surface area contributed by atoms with Crippen LogP contribution in [-0.4, -0.2) is 71.0 Å². The van der Waals surface area contributed by atoms with Crippen LogP contribution in [0.4, 0.5) is 0 Å². The molecule has 4 N–H and O–H groups in total. The van der Waals surface area contributed by atoms with Crippen molar-refractivity contribution in [3.63, 3.8) is 0 Å². The maximum Gasteiger partial charge on any atom is 0.317 e. The Kier molecular flexibility index (Phi) is 18.3. The zero-order valence-electron chi connectivity index (χ0n) is 17.7. The van der Waals surface area contributed by atoms with Crippen LogP contribution in [0.1, 0.15) is 84.0 Å². The van der Waals surface area contributed by atoms with E-state index in [9.17, 15) is 14.7 Å². The molecular formula is C21H42N2O5. The Morgan fingerprint density at radius 1 is 0.857 bits per heavy atom. The first-order chi connectivity index (χ1) is 13.5. The maximum absolute atomic E-state index is 11.1. The molecule has 28 heavy (non-hydrogen) atoms. The molecule has 1 unspecified atom stereocenters. The first-order valence-corrected chi connectivity index (χ1v) is 11.0. The summed E-state index contributed by atoms with van der Waals surface area (Å²) in [5, 5.41) is 30.0. The Hall–Kier alpha value is -1.18. The van der Waals surface area contributed by atoms with Gasteiger partial charge in [-0.3, -0.25) is 14.5 Å². The predicted molar refractivity (Wildman–Crippen MR) is 112 cm³/mol. The summed E-state index contributed by atoms with van der Waals surface area (Å²) < 4.78 is 0. The minimum absolute atomic E-state index is 0.0404. The highest BCUT2D eigenvalue weighted by Crippen LogP contribution is 2.16. The lowest BCUT2D eigenvalue weighted by molar-refractivity contribution is -0.139. The van der Waals surface area contributed by atoms with Crippen LogP contribution in [0.2, 0.25) is 0 Å². The van der Waals surface area contributed by atoms with E-state index in [0.29, 0.717) is 19.5 Å². The highest BCUT2D eigenvalue weighted by molar-refractivity contribution is 5.69. The van der Waals surface area contributed by atoms with Gasteiger partial charge in [0.05, 0.1) is 19.7 Å². The third-order valence-electron chi connectivity index (χ3n) is 5.06. The van der Waals surface area contributed by atoms with Gasteiger partial charge < -0.3 is 20.6 Å². The van der Waals surface area contributed by atoms with E-state index in [-0.39, 0.29) is 25.7 Å². The molecule has 0 bridgehead atoms. The standard InChI is InChI=1S/C21H42N2O5/c1-2-3-4-5-6-7-8-9-10-11-12-19(13-14-22-17-20(25)26)23(15-16-24)18-21(27)28/h19,22,24H,2-18H2,1H3,(H,25,26)(H,27,28). The van der Waals surface area contributed by atoms with Gasteiger partial charge in [-0.05, 0) is 19.4 Å². The molecule has 0 aromatic rings. The molecule has 0 heterocycles. The number of unbranched alkanes of at least 4 members (excludes halogenated alkanes) is 9. The van der Waals surface area contributed by atoms with Crippen LogP contribution in [-0.2, 0) is 9.59 Å². The zero-order valence-corrected chi connectivity index (χ0v) is 17.7. The summed E-state index contributed by atoms with van der Waals surface area (Å²) >= 11 is 0. The van der Waals surface area contributed by atoms with Crippen molar-refractivity contribution in [3.8, 4) is 0 Å². The molecule has 0 aliphatic carbocycles. The Labute approximate surface area is 170 Å². The monoisotopic (exact) mass is 402 g/mol. The molecule has 0 aliphatic rings. The van der Waals surface area contributed by atoms with Crippen molar-refractivity contribution in [1.29, 1.82) is 0 Å². The SMILES string of the molecule is CCCCCCCCCCCCC(CCNCC(=O)O)N(CCO)CC(=O)O. The molecule has 0 aromatic carbocycles. The summed E-state index contributed by atoms with van der Waals surface area (Å²) in [5.41, 5.74) is 0. The Morgan fingerprint density at radius 3 is 1.93 bits per heavy atom. The Bertz CT molecular complexity index is 393. The van der Waals surface area contributed by atoms with Gasteiger partial charge in [0.2, 0.25) is 0 Å². The van der Waals surface area contributed by atoms with Gasteiger partial charge in [-0.2, -0.15) is 0 Å². The highest BCUT2D eigenvalue weighted by atomic mass is 16.4. The molecule has 0 saturated carbocycles. The first-order valence-electron chi connectivity index (χ1n) is 11.0. The number of carbonyl (C=O) groups is 2. The fraction of sp³-hybridized carbons (Fsp3) is 0.905. The molecule has 0 aliphatic heterocycles. The summed E-state index contributed by atoms with van der Waals surface area (Å²) in [4.78, 5) is 23.6. The largest absolute Gasteiger partial charge is 0.480 e. The van der Waals surface area contributed by atoms with Gasteiger partial charge in [0.15, 0.2) is 0 Å². The number of hydrogen-bond donors (Lipinski definition) is 4. The average Bonchev–Trinajstić information content (AvgIpc) is 2.64. The number of aliphatic hydroxyl groups excluding tert-OH is 1. The summed E-state index contributed by atoms with van der Waals surface area (Å²) in [6.07, 6.45) is 14.1. The van der Waals surface area contributed by atoms with Crippen LogP contribution < -0.4 is 5.32 Å². The van der Waals surface area contributed by atoms with Crippen LogP contribution in [0, 0.1) is 0 Å². The van der Waals surface area contributed by atoms with E-state index < -0.39 is 11.9 Å². The molecule has 0 saturated heterocycles. The normalized spacial score (nSPS) is 12.4. The molecule has 0 aromatic heterocycles. The van der Waals surface area contributed by atoms with Gasteiger partial charge in [0.25, 0.3) is 0 Å². The predicted octanol–water partition coefficient (Wildman–Crippen LogP) is 3.11. The number of aliphatic hydroxyl groups is 1. The summed E-state index contributed by atoms with van der Waals surface area (Å²) in [6, 6.07) is 0.0404. The fourth-order valence-corrected chi connectivity index (χ4v) is 3.53. The van der Waals surface area contributed by atoms with Gasteiger partial charge in [0, 0.05) is 12.6 Å². The second kappa shape index (κ2) is 19.2. The quantitative estimate of drug-likeness (QED) is 0.218. The second-order valence-electron chi connectivity index (χ2n) is 7.57. The molecule has 0 fully saturated rings. The van der Waals surface area contributed by atoms with E-state index >= 15 is 0 Å². The van der Waals surface area contributed by atoms with E-state index in [0.717, 1.165) is 19.3 Å². The Morgan fingerprint density at radius 2 is 1.43 bits per heavy atom. The van der Waals surface area contributed by atoms with Gasteiger partial charge >= 0.3 is 11.9 Å². The third kappa shape index (κ3) is 17.0. The van der Waals surface area contributed by atoms with Gasteiger partial charge in [-0.1, -0.05) is 71.1 Å². The maximum atomic E-state index is 11.1.